The Morgan fingerprint density at radius 3 is 1.42 bits per heavy atom. The van der Waals surface area contributed by atoms with Crippen LogP contribution in [0.2, 0.25) is 0 Å². The molecule has 0 aromatic carbocycles. The van der Waals surface area contributed by atoms with Crippen molar-refractivity contribution in [1.29, 1.82) is 0 Å². The molecule has 62 heavy (non-hydrogen) atoms. The molecule has 0 aliphatic heterocycles. The molecule has 8 nitrogen and oxygen atoms in total. The second kappa shape index (κ2) is 43.7. The van der Waals surface area contributed by atoms with Crippen molar-refractivity contribution in [3.8, 4) is 0 Å². The van der Waals surface area contributed by atoms with Crippen LogP contribution in [0.25, 0.3) is 0 Å². The Morgan fingerprint density at radius 1 is 0.565 bits per heavy atom. The number of rotatable bonds is 43. The van der Waals surface area contributed by atoms with Crippen LogP contribution in [0.5, 0.6) is 0 Å². The first kappa shape index (κ1) is 59.4. The number of phosphoric acid groups is 1. The van der Waals surface area contributed by atoms with E-state index in [1.807, 2.05) is 27.2 Å². The number of likely N-dealkylation sites (N-methyl/N-ethyl adjacent to an activating group) is 1. The standard InChI is InChI=1S/C53H93N2O6P/c1-6-8-10-12-14-15-16-17-18-19-20-21-22-23-24-25-26-27-28-29-30-31-32-33-34-35-36-37-38-39-41-43-45-47-53(57)54-51(52(56)46-44-42-40-13-11-9-7-2)50-61-62(58,59)60-49-48-55(3,4)5/h8,10,14-15,17-18,20-21,23-24,26-27,29-30,44,46,51-52,56H,6-7,9,11-13,16,19,22,25,28,31-43,45,47-50H2,1-5H3,(H-,54,57,58,59)/p+1/b10-8-,15-14-,18-17-,21-20-,24-23-,27-26-,30-29-,46-44+. The van der Waals surface area contributed by atoms with Crippen molar-refractivity contribution in [3.63, 3.8) is 0 Å². The molecular formula is C53H94N2O6P+. The van der Waals surface area contributed by atoms with Crippen LogP contribution >= 0.6 is 7.82 Å². The van der Waals surface area contributed by atoms with Gasteiger partial charge in [-0.15, -0.1) is 0 Å². The molecule has 9 heteroatoms. The van der Waals surface area contributed by atoms with Crippen LogP contribution in [0.3, 0.4) is 0 Å². The number of nitrogens with zero attached hydrogens (tertiary/aromatic N) is 1. The Morgan fingerprint density at radius 2 is 0.968 bits per heavy atom. The van der Waals surface area contributed by atoms with Gasteiger partial charge in [0.1, 0.15) is 13.2 Å². The number of nitrogens with one attached hydrogen (secondary N) is 1. The molecule has 0 rings (SSSR count). The lowest BCUT2D eigenvalue weighted by atomic mass is 10.0. The molecule has 0 aromatic heterocycles. The number of hydrogen-bond donors (Lipinski definition) is 3. The molecule has 0 fully saturated rings. The number of carbonyl (C=O) groups excluding carboxylic acids is 1. The molecule has 0 saturated carbocycles. The summed E-state index contributed by atoms with van der Waals surface area (Å²) in [7, 11) is 1.55. The first-order valence-corrected chi connectivity index (χ1v) is 26.1. The Balaban J connectivity index is 4.03. The first-order chi connectivity index (χ1) is 30.0. The molecule has 3 N–H and O–H groups in total. The summed E-state index contributed by atoms with van der Waals surface area (Å²) < 4.78 is 23.5. The quantitative estimate of drug-likeness (QED) is 0.0244. The predicted octanol–water partition coefficient (Wildman–Crippen LogP) is 14.3. The molecule has 0 bridgehead atoms. The molecule has 0 aliphatic carbocycles. The molecule has 0 heterocycles. The van der Waals surface area contributed by atoms with Crippen LogP contribution < -0.4 is 5.32 Å². The largest absolute Gasteiger partial charge is 0.472 e. The van der Waals surface area contributed by atoms with Crippen molar-refractivity contribution in [2.45, 2.75) is 193 Å². The van der Waals surface area contributed by atoms with Crippen molar-refractivity contribution in [2.24, 2.45) is 0 Å². The highest BCUT2D eigenvalue weighted by Gasteiger charge is 2.27. The maximum absolute atomic E-state index is 12.8. The maximum Gasteiger partial charge on any atom is 0.472 e. The van der Waals surface area contributed by atoms with Gasteiger partial charge >= 0.3 is 7.82 Å². The van der Waals surface area contributed by atoms with E-state index in [4.69, 9.17) is 9.05 Å². The van der Waals surface area contributed by atoms with Crippen molar-refractivity contribution in [3.05, 3.63) is 97.2 Å². The monoisotopic (exact) mass is 886 g/mol. The van der Waals surface area contributed by atoms with E-state index in [1.54, 1.807) is 6.08 Å². The molecule has 356 valence electrons. The van der Waals surface area contributed by atoms with Gasteiger partial charge in [0.25, 0.3) is 0 Å². The molecule has 1 amide bonds. The van der Waals surface area contributed by atoms with Gasteiger partial charge in [0.15, 0.2) is 0 Å². The summed E-state index contributed by atoms with van der Waals surface area (Å²) in [6, 6.07) is -0.850. The number of aliphatic hydroxyl groups is 1. The van der Waals surface area contributed by atoms with E-state index in [0.717, 1.165) is 83.5 Å². The van der Waals surface area contributed by atoms with Crippen molar-refractivity contribution in [2.75, 3.05) is 40.9 Å². The third-order valence-corrected chi connectivity index (χ3v) is 11.3. The van der Waals surface area contributed by atoms with Crippen molar-refractivity contribution < 1.29 is 32.9 Å². The number of aliphatic hydroxyl groups excluding tert-OH is 1. The first-order valence-electron chi connectivity index (χ1n) is 24.6. The van der Waals surface area contributed by atoms with Crippen LogP contribution in [0, 0.1) is 0 Å². The third-order valence-electron chi connectivity index (χ3n) is 10.3. The maximum atomic E-state index is 12.8. The van der Waals surface area contributed by atoms with Crippen molar-refractivity contribution in [1.82, 2.24) is 5.32 Å². The minimum Gasteiger partial charge on any atom is -0.387 e. The minimum absolute atomic E-state index is 0.0561. The fourth-order valence-corrected chi connectivity index (χ4v) is 7.17. The minimum atomic E-state index is -4.33. The number of unbranched alkanes of at least 4 members (excludes halogenated alkanes) is 16. The zero-order chi connectivity index (χ0) is 45.7. The van der Waals surface area contributed by atoms with E-state index in [2.05, 4.69) is 104 Å². The van der Waals surface area contributed by atoms with Gasteiger partial charge in [0.05, 0.1) is 39.9 Å². The fraction of sp³-hybridized carbons (Fsp3) is 0.679. The SMILES string of the molecule is CC/C=C\C/C=C\C/C=C\C/C=C\C/C=C\C/C=C\C/C=C\CCCCCCCCCCCCCC(=O)NC(COP(=O)(O)OCC[N+](C)(C)C)C(O)/C=C/CCCCCCC. The average molecular weight is 886 g/mol. The summed E-state index contributed by atoms with van der Waals surface area (Å²) in [5.41, 5.74) is 0. The summed E-state index contributed by atoms with van der Waals surface area (Å²) in [6.45, 7) is 4.61. The molecule has 3 atom stereocenters. The van der Waals surface area contributed by atoms with E-state index < -0.39 is 20.0 Å². The normalized spacial score (nSPS) is 15.0. The number of allylic oxidation sites excluding steroid dienone is 15. The lowest BCUT2D eigenvalue weighted by Gasteiger charge is -2.25. The van der Waals surface area contributed by atoms with Gasteiger partial charge < -0.3 is 19.8 Å². The second-order valence-corrected chi connectivity index (χ2v) is 18.9. The predicted molar refractivity (Wildman–Crippen MR) is 267 cm³/mol. The summed E-state index contributed by atoms with van der Waals surface area (Å²) >= 11 is 0. The average Bonchev–Trinajstić information content (AvgIpc) is 3.23. The van der Waals surface area contributed by atoms with Crippen LogP contribution in [0.1, 0.15) is 181 Å². The molecule has 0 saturated heterocycles. The zero-order valence-electron chi connectivity index (χ0n) is 40.3. The number of phosphoric ester groups is 1. The second-order valence-electron chi connectivity index (χ2n) is 17.5. The van der Waals surface area contributed by atoms with Crippen molar-refractivity contribution >= 4 is 13.7 Å². The molecular weight excluding hydrogens is 792 g/mol. The summed E-state index contributed by atoms with van der Waals surface area (Å²) in [4.78, 5) is 23.0. The Kier molecular flexibility index (Phi) is 41.8. The van der Waals surface area contributed by atoms with E-state index in [1.165, 1.54) is 77.0 Å². The highest BCUT2D eigenvalue weighted by Crippen LogP contribution is 2.43. The lowest BCUT2D eigenvalue weighted by molar-refractivity contribution is -0.870. The number of carbonyl (C=O) groups is 1. The number of hydrogen-bond acceptors (Lipinski definition) is 5. The van der Waals surface area contributed by atoms with Gasteiger partial charge in [-0.2, -0.15) is 0 Å². The van der Waals surface area contributed by atoms with Gasteiger partial charge in [-0.3, -0.25) is 13.8 Å². The molecule has 0 spiro atoms. The lowest BCUT2D eigenvalue weighted by Crippen LogP contribution is -2.45. The van der Waals surface area contributed by atoms with E-state index in [0.29, 0.717) is 17.4 Å². The van der Waals surface area contributed by atoms with E-state index >= 15 is 0 Å². The molecule has 0 aliphatic rings. The summed E-state index contributed by atoms with van der Waals surface area (Å²) in [5, 5.41) is 13.7. The van der Waals surface area contributed by atoms with Crippen LogP contribution in [-0.2, 0) is 18.4 Å². The summed E-state index contributed by atoms with van der Waals surface area (Å²) in [5.74, 6) is -0.190. The van der Waals surface area contributed by atoms with Gasteiger partial charge in [-0.05, 0) is 77.0 Å². The number of amides is 1. The molecule has 0 aromatic rings. The Hall–Kier alpha value is -2.58. The highest BCUT2D eigenvalue weighted by molar-refractivity contribution is 7.47. The Labute approximate surface area is 381 Å². The topological polar surface area (TPSA) is 105 Å². The molecule has 0 radical (unpaired) electrons. The van der Waals surface area contributed by atoms with Gasteiger partial charge in [-0.1, -0.05) is 195 Å². The number of quaternary nitrogens is 1. The summed E-state index contributed by atoms with van der Waals surface area (Å²) in [6.07, 6.45) is 62.3. The van der Waals surface area contributed by atoms with E-state index in [-0.39, 0.29) is 19.1 Å². The fourth-order valence-electron chi connectivity index (χ4n) is 6.43. The molecule has 3 unspecified atom stereocenters. The van der Waals surface area contributed by atoms with Crippen LogP contribution in [0.4, 0.5) is 0 Å². The highest BCUT2D eigenvalue weighted by atomic mass is 31.2. The smallest absolute Gasteiger partial charge is 0.387 e. The van der Waals surface area contributed by atoms with Crippen LogP contribution in [-0.4, -0.2) is 73.4 Å². The zero-order valence-corrected chi connectivity index (χ0v) is 41.2. The van der Waals surface area contributed by atoms with Gasteiger partial charge in [0.2, 0.25) is 5.91 Å². The third kappa shape index (κ3) is 45.4. The van der Waals surface area contributed by atoms with Crippen LogP contribution in [0.15, 0.2) is 97.2 Å². The van der Waals surface area contributed by atoms with Gasteiger partial charge in [0, 0.05) is 6.42 Å². The Bertz CT molecular complexity index is 1330. The van der Waals surface area contributed by atoms with Gasteiger partial charge in [-0.25, -0.2) is 4.57 Å². The van der Waals surface area contributed by atoms with E-state index in [9.17, 15) is 19.4 Å².